The first-order chi connectivity index (χ1) is 12.0. The number of carbonyl (C=O) groups excluding carboxylic acids is 1. The third kappa shape index (κ3) is 3.88. The van der Waals surface area contributed by atoms with Gasteiger partial charge in [0.1, 0.15) is 5.82 Å². The molecule has 1 aliphatic rings. The molecule has 0 radical (unpaired) electrons. The summed E-state index contributed by atoms with van der Waals surface area (Å²) in [6.45, 7) is 1.08. The fourth-order valence-corrected chi connectivity index (χ4v) is 4.28. The molecule has 0 unspecified atom stereocenters. The van der Waals surface area contributed by atoms with E-state index in [1.54, 1.807) is 53.4 Å². The van der Waals surface area contributed by atoms with Gasteiger partial charge >= 0.3 is 0 Å². The minimum absolute atomic E-state index is 0.0158. The number of halogens is 1. The van der Waals surface area contributed by atoms with Crippen molar-refractivity contribution < 1.29 is 17.6 Å². The fourth-order valence-electron chi connectivity index (χ4n) is 2.84. The molecule has 0 atom stereocenters. The Kier molecular flexibility index (Phi) is 5.15. The van der Waals surface area contributed by atoms with E-state index in [9.17, 15) is 17.6 Å². The maximum absolute atomic E-state index is 13.7. The maximum atomic E-state index is 13.7. The standard InChI is InChI=1S/C18H19FN2O3S/c19-17-9-5-4-6-15(17)14-18(22)20-10-12-21(13-11-20)25(23,24)16-7-2-1-3-8-16/h1-9H,10-14H2. The summed E-state index contributed by atoms with van der Waals surface area (Å²) in [5.41, 5.74) is 0.354. The van der Waals surface area contributed by atoms with Gasteiger partial charge in [-0.3, -0.25) is 4.79 Å². The van der Waals surface area contributed by atoms with Crippen LogP contribution in [0, 0.1) is 5.82 Å². The molecule has 25 heavy (non-hydrogen) atoms. The van der Waals surface area contributed by atoms with Crippen LogP contribution >= 0.6 is 0 Å². The van der Waals surface area contributed by atoms with E-state index in [0.717, 1.165) is 0 Å². The predicted molar refractivity (Wildman–Crippen MR) is 91.9 cm³/mol. The van der Waals surface area contributed by atoms with Gasteiger partial charge in [-0.15, -0.1) is 0 Å². The van der Waals surface area contributed by atoms with E-state index in [-0.39, 0.29) is 30.3 Å². The van der Waals surface area contributed by atoms with E-state index in [4.69, 9.17) is 0 Å². The van der Waals surface area contributed by atoms with Gasteiger partial charge in [0.25, 0.3) is 0 Å². The molecule has 7 heteroatoms. The van der Waals surface area contributed by atoms with Crippen molar-refractivity contribution >= 4 is 15.9 Å². The first-order valence-corrected chi connectivity index (χ1v) is 9.49. The smallest absolute Gasteiger partial charge is 0.243 e. The largest absolute Gasteiger partial charge is 0.340 e. The van der Waals surface area contributed by atoms with Crippen molar-refractivity contribution in [1.29, 1.82) is 0 Å². The lowest BCUT2D eigenvalue weighted by molar-refractivity contribution is -0.131. The molecular weight excluding hydrogens is 343 g/mol. The van der Waals surface area contributed by atoms with Crippen molar-refractivity contribution in [3.63, 3.8) is 0 Å². The van der Waals surface area contributed by atoms with Crippen LogP contribution in [0.3, 0.4) is 0 Å². The summed E-state index contributed by atoms with van der Waals surface area (Å²) in [6, 6.07) is 14.4. The molecule has 132 valence electrons. The second-order valence-corrected chi connectivity index (χ2v) is 7.80. The Morgan fingerprint density at radius 3 is 2.16 bits per heavy atom. The highest BCUT2D eigenvalue weighted by Gasteiger charge is 2.30. The molecule has 0 N–H and O–H groups in total. The third-order valence-electron chi connectivity index (χ3n) is 4.27. The summed E-state index contributed by atoms with van der Waals surface area (Å²) in [7, 11) is -3.54. The monoisotopic (exact) mass is 362 g/mol. The van der Waals surface area contributed by atoms with Gasteiger partial charge in [-0.05, 0) is 23.8 Å². The summed E-state index contributed by atoms with van der Waals surface area (Å²) in [4.78, 5) is 14.2. The molecule has 0 aromatic heterocycles. The van der Waals surface area contributed by atoms with E-state index < -0.39 is 15.8 Å². The molecule has 1 aliphatic heterocycles. The van der Waals surface area contributed by atoms with Crippen LogP contribution in [0.2, 0.25) is 0 Å². The molecule has 1 heterocycles. The van der Waals surface area contributed by atoms with Gasteiger partial charge < -0.3 is 4.90 Å². The summed E-state index contributed by atoms with van der Waals surface area (Å²) < 4.78 is 40.2. The molecule has 2 aromatic rings. The van der Waals surface area contributed by atoms with Gasteiger partial charge in [0, 0.05) is 26.2 Å². The first-order valence-electron chi connectivity index (χ1n) is 8.05. The van der Waals surface area contributed by atoms with Crippen molar-refractivity contribution in [3.8, 4) is 0 Å². The third-order valence-corrected chi connectivity index (χ3v) is 6.18. The quantitative estimate of drug-likeness (QED) is 0.835. The van der Waals surface area contributed by atoms with Crippen LogP contribution in [0.4, 0.5) is 4.39 Å². The van der Waals surface area contributed by atoms with Gasteiger partial charge in [0.2, 0.25) is 15.9 Å². The predicted octanol–water partition coefficient (Wildman–Crippen LogP) is 1.90. The second kappa shape index (κ2) is 7.33. The number of sulfonamides is 1. The van der Waals surface area contributed by atoms with Crippen molar-refractivity contribution in [2.24, 2.45) is 0 Å². The van der Waals surface area contributed by atoms with Crippen LogP contribution in [-0.2, 0) is 21.2 Å². The van der Waals surface area contributed by atoms with Crippen LogP contribution in [-0.4, -0.2) is 49.7 Å². The Labute approximate surface area is 146 Å². The molecule has 5 nitrogen and oxygen atoms in total. The second-order valence-electron chi connectivity index (χ2n) is 5.87. The topological polar surface area (TPSA) is 57.7 Å². The van der Waals surface area contributed by atoms with E-state index >= 15 is 0 Å². The number of rotatable bonds is 4. The lowest BCUT2D eigenvalue weighted by Crippen LogP contribution is -2.50. The molecule has 2 aromatic carbocycles. The van der Waals surface area contributed by atoms with Gasteiger partial charge in [0.15, 0.2) is 0 Å². The van der Waals surface area contributed by atoms with Crippen molar-refractivity contribution in [1.82, 2.24) is 9.21 Å². The van der Waals surface area contributed by atoms with E-state index in [1.165, 1.54) is 10.4 Å². The number of benzene rings is 2. The Morgan fingerprint density at radius 1 is 0.920 bits per heavy atom. The van der Waals surface area contributed by atoms with Crippen LogP contribution in [0.25, 0.3) is 0 Å². The Hall–Kier alpha value is -2.25. The lowest BCUT2D eigenvalue weighted by Gasteiger charge is -2.34. The van der Waals surface area contributed by atoms with E-state index in [0.29, 0.717) is 18.7 Å². The maximum Gasteiger partial charge on any atom is 0.243 e. The zero-order chi connectivity index (χ0) is 17.9. The minimum atomic E-state index is -3.54. The van der Waals surface area contributed by atoms with Crippen LogP contribution in [0.1, 0.15) is 5.56 Å². The number of carbonyl (C=O) groups is 1. The van der Waals surface area contributed by atoms with Gasteiger partial charge in [0.05, 0.1) is 11.3 Å². The van der Waals surface area contributed by atoms with Crippen molar-refractivity contribution in [3.05, 3.63) is 66.0 Å². The van der Waals surface area contributed by atoms with Gasteiger partial charge in [-0.25, -0.2) is 12.8 Å². The average molecular weight is 362 g/mol. The molecule has 1 amide bonds. The molecule has 0 bridgehead atoms. The normalized spacial score (nSPS) is 16.0. The molecule has 0 aliphatic carbocycles. The molecule has 1 fully saturated rings. The number of hydrogen-bond donors (Lipinski definition) is 0. The highest BCUT2D eigenvalue weighted by atomic mass is 32.2. The Morgan fingerprint density at radius 2 is 1.52 bits per heavy atom. The van der Waals surface area contributed by atoms with Gasteiger partial charge in [-0.1, -0.05) is 36.4 Å². The molecule has 0 spiro atoms. The molecule has 0 saturated carbocycles. The number of piperazine rings is 1. The number of nitrogens with zero attached hydrogens (tertiary/aromatic N) is 2. The zero-order valence-corrected chi connectivity index (χ0v) is 14.5. The highest BCUT2D eigenvalue weighted by molar-refractivity contribution is 7.89. The lowest BCUT2D eigenvalue weighted by atomic mass is 10.1. The summed E-state index contributed by atoms with van der Waals surface area (Å²) in [5, 5.41) is 0. The summed E-state index contributed by atoms with van der Waals surface area (Å²) >= 11 is 0. The van der Waals surface area contributed by atoms with E-state index in [2.05, 4.69) is 0 Å². The molecule has 3 rings (SSSR count). The van der Waals surface area contributed by atoms with Crippen molar-refractivity contribution in [2.45, 2.75) is 11.3 Å². The van der Waals surface area contributed by atoms with Gasteiger partial charge in [-0.2, -0.15) is 4.31 Å². The Bertz CT molecular complexity index is 848. The van der Waals surface area contributed by atoms with E-state index in [1.807, 2.05) is 0 Å². The van der Waals surface area contributed by atoms with Crippen LogP contribution in [0.5, 0.6) is 0 Å². The van der Waals surface area contributed by atoms with Crippen LogP contribution < -0.4 is 0 Å². The zero-order valence-electron chi connectivity index (χ0n) is 13.6. The first kappa shape index (κ1) is 17.6. The van der Waals surface area contributed by atoms with Crippen molar-refractivity contribution in [2.75, 3.05) is 26.2 Å². The average Bonchev–Trinajstić information content (AvgIpc) is 2.64. The summed E-state index contributed by atoms with van der Waals surface area (Å²) in [6.07, 6.45) is -0.0158. The highest BCUT2D eigenvalue weighted by Crippen LogP contribution is 2.18. The van der Waals surface area contributed by atoms with Crippen LogP contribution in [0.15, 0.2) is 59.5 Å². The molecular formula is C18H19FN2O3S. The number of amides is 1. The fraction of sp³-hybridized carbons (Fsp3) is 0.278. The molecule has 1 saturated heterocycles. The Balaban J connectivity index is 1.62. The summed E-state index contributed by atoms with van der Waals surface area (Å²) in [5.74, 6) is -0.594. The number of hydrogen-bond acceptors (Lipinski definition) is 3. The SMILES string of the molecule is O=C(Cc1ccccc1F)N1CCN(S(=O)(=O)c2ccccc2)CC1. The minimum Gasteiger partial charge on any atom is -0.340 e.